The van der Waals surface area contributed by atoms with Gasteiger partial charge in [0.1, 0.15) is 19.0 Å². The number of carboxylic acids is 1. The van der Waals surface area contributed by atoms with Crippen LogP contribution in [-0.2, 0) is 16.1 Å². The molecule has 2 aromatic rings. The Hall–Kier alpha value is -3.22. The molecule has 0 aromatic heterocycles. The van der Waals surface area contributed by atoms with Gasteiger partial charge in [-0.25, -0.2) is 0 Å². The molecule has 150 valence electrons. The summed E-state index contributed by atoms with van der Waals surface area (Å²) in [6, 6.07) is 13.1. The average Bonchev–Trinajstić information content (AvgIpc) is 2.69. The van der Waals surface area contributed by atoms with Crippen LogP contribution in [0.1, 0.15) is 24.0 Å². The summed E-state index contributed by atoms with van der Waals surface area (Å²) < 4.78 is 16.8. The number of nitrogens with one attached hydrogen (secondary N) is 1. The number of hydrogen-bond acceptors (Lipinski definition) is 5. The molecule has 28 heavy (non-hydrogen) atoms. The number of hydrogen-bond donors (Lipinski definition) is 2. The van der Waals surface area contributed by atoms with Gasteiger partial charge in [0, 0.05) is 18.5 Å². The van der Waals surface area contributed by atoms with E-state index in [2.05, 4.69) is 5.32 Å². The fourth-order valence-corrected chi connectivity index (χ4v) is 2.47. The van der Waals surface area contributed by atoms with Crippen molar-refractivity contribution < 1.29 is 28.9 Å². The number of ether oxygens (including phenoxy) is 3. The summed E-state index contributed by atoms with van der Waals surface area (Å²) >= 11 is 0. The lowest BCUT2D eigenvalue weighted by atomic mass is 10.1. The van der Waals surface area contributed by atoms with Crippen molar-refractivity contribution in [3.05, 3.63) is 53.6 Å². The molecule has 0 fully saturated rings. The second-order valence-corrected chi connectivity index (χ2v) is 6.13. The first-order valence-corrected chi connectivity index (χ1v) is 8.96. The summed E-state index contributed by atoms with van der Waals surface area (Å²) in [6.45, 7) is 2.88. The van der Waals surface area contributed by atoms with Gasteiger partial charge in [-0.2, -0.15) is 0 Å². The zero-order chi connectivity index (χ0) is 20.4. The minimum atomic E-state index is -1.01. The van der Waals surface area contributed by atoms with E-state index in [1.807, 2.05) is 37.3 Å². The third-order valence-electron chi connectivity index (χ3n) is 3.94. The highest BCUT2D eigenvalue weighted by molar-refractivity contribution is 5.80. The van der Waals surface area contributed by atoms with Crippen molar-refractivity contribution in [3.8, 4) is 17.2 Å². The molecule has 0 aliphatic rings. The Balaban J connectivity index is 1.91. The van der Waals surface area contributed by atoms with Gasteiger partial charge < -0.3 is 24.6 Å². The highest BCUT2D eigenvalue weighted by Crippen LogP contribution is 2.31. The number of rotatable bonds is 11. The first-order chi connectivity index (χ1) is 13.5. The molecule has 7 nitrogen and oxygen atoms in total. The van der Waals surface area contributed by atoms with E-state index in [1.165, 1.54) is 0 Å². The van der Waals surface area contributed by atoms with Crippen LogP contribution in [0, 0.1) is 6.92 Å². The fraction of sp³-hybridized carbons (Fsp3) is 0.333. The Labute approximate surface area is 164 Å². The molecule has 2 aromatic carbocycles. The molecule has 0 aliphatic carbocycles. The molecule has 0 aliphatic heterocycles. The van der Waals surface area contributed by atoms with E-state index in [9.17, 15) is 9.59 Å². The second kappa shape index (κ2) is 10.8. The minimum absolute atomic E-state index is 0.0696. The first kappa shape index (κ1) is 21.1. The maximum atomic E-state index is 11.8. The average molecular weight is 387 g/mol. The SMILES string of the molecule is COc1cccc(CNC(=O)CCC(=O)O)c1OCCOc1ccc(C)cc1. The van der Waals surface area contributed by atoms with E-state index in [4.69, 9.17) is 19.3 Å². The molecule has 0 spiro atoms. The molecule has 2 N–H and O–H groups in total. The van der Waals surface area contributed by atoms with Gasteiger partial charge in [0.05, 0.1) is 13.5 Å². The number of para-hydroxylation sites is 1. The molecular weight excluding hydrogens is 362 g/mol. The fourth-order valence-electron chi connectivity index (χ4n) is 2.47. The third-order valence-corrected chi connectivity index (χ3v) is 3.94. The molecule has 1 amide bonds. The summed E-state index contributed by atoms with van der Waals surface area (Å²) in [5, 5.41) is 11.3. The van der Waals surface area contributed by atoms with E-state index < -0.39 is 5.97 Å². The number of aliphatic carboxylic acids is 1. The number of carbonyl (C=O) groups excluding carboxylic acids is 1. The molecule has 0 atom stereocenters. The van der Waals surface area contributed by atoms with Crippen LogP contribution in [0.2, 0.25) is 0 Å². The van der Waals surface area contributed by atoms with Gasteiger partial charge in [0.2, 0.25) is 5.91 Å². The van der Waals surface area contributed by atoms with Crippen molar-refractivity contribution in [1.82, 2.24) is 5.32 Å². The summed E-state index contributed by atoms with van der Waals surface area (Å²) in [6.07, 6.45) is -0.274. The highest BCUT2D eigenvalue weighted by Gasteiger charge is 2.12. The molecule has 0 bridgehead atoms. The summed E-state index contributed by atoms with van der Waals surface area (Å²) in [4.78, 5) is 22.3. The van der Waals surface area contributed by atoms with Crippen molar-refractivity contribution in [2.75, 3.05) is 20.3 Å². The van der Waals surface area contributed by atoms with Crippen molar-refractivity contribution >= 4 is 11.9 Å². The van der Waals surface area contributed by atoms with E-state index in [0.717, 1.165) is 16.9 Å². The van der Waals surface area contributed by atoms with Crippen LogP contribution in [0.15, 0.2) is 42.5 Å². The topological polar surface area (TPSA) is 94.1 Å². The summed E-state index contributed by atoms with van der Waals surface area (Å²) in [5.74, 6) is 0.497. The number of methoxy groups -OCH3 is 1. The van der Waals surface area contributed by atoms with Gasteiger partial charge in [0.15, 0.2) is 11.5 Å². The van der Waals surface area contributed by atoms with Crippen LogP contribution >= 0.6 is 0 Å². The van der Waals surface area contributed by atoms with Crippen molar-refractivity contribution in [3.63, 3.8) is 0 Å². The van der Waals surface area contributed by atoms with Crippen LogP contribution in [0.5, 0.6) is 17.2 Å². The van der Waals surface area contributed by atoms with E-state index in [1.54, 1.807) is 19.2 Å². The predicted octanol–water partition coefficient (Wildman–Crippen LogP) is 2.94. The number of aryl methyl sites for hydroxylation is 1. The molecule has 2 rings (SSSR count). The Bertz CT molecular complexity index is 788. The highest BCUT2D eigenvalue weighted by atomic mass is 16.5. The van der Waals surface area contributed by atoms with E-state index in [-0.39, 0.29) is 25.3 Å². The van der Waals surface area contributed by atoms with Crippen molar-refractivity contribution in [1.29, 1.82) is 0 Å². The normalized spacial score (nSPS) is 10.2. The van der Waals surface area contributed by atoms with E-state index >= 15 is 0 Å². The Morgan fingerprint density at radius 1 is 1.00 bits per heavy atom. The quantitative estimate of drug-likeness (QED) is 0.576. The zero-order valence-corrected chi connectivity index (χ0v) is 16.1. The maximum Gasteiger partial charge on any atom is 0.303 e. The molecular formula is C21H25NO6. The molecule has 0 saturated carbocycles. The lowest BCUT2D eigenvalue weighted by Gasteiger charge is -2.16. The summed E-state index contributed by atoms with van der Waals surface area (Å²) in [7, 11) is 1.54. The molecule has 0 saturated heterocycles. The van der Waals surface area contributed by atoms with Crippen LogP contribution in [0.25, 0.3) is 0 Å². The number of carbonyl (C=O) groups is 2. The molecule has 0 unspecified atom stereocenters. The lowest BCUT2D eigenvalue weighted by Crippen LogP contribution is -2.23. The van der Waals surface area contributed by atoms with Gasteiger partial charge in [-0.1, -0.05) is 29.8 Å². The third kappa shape index (κ3) is 6.83. The predicted molar refractivity (Wildman–Crippen MR) is 104 cm³/mol. The van der Waals surface area contributed by atoms with Crippen molar-refractivity contribution in [2.45, 2.75) is 26.3 Å². The van der Waals surface area contributed by atoms with Crippen LogP contribution in [0.4, 0.5) is 0 Å². The Morgan fingerprint density at radius 3 is 2.39 bits per heavy atom. The number of benzene rings is 2. The van der Waals surface area contributed by atoms with Crippen LogP contribution < -0.4 is 19.5 Å². The van der Waals surface area contributed by atoms with Crippen LogP contribution in [0.3, 0.4) is 0 Å². The number of amides is 1. The minimum Gasteiger partial charge on any atom is -0.493 e. The zero-order valence-electron chi connectivity index (χ0n) is 16.1. The lowest BCUT2D eigenvalue weighted by molar-refractivity contribution is -0.138. The Morgan fingerprint density at radius 2 is 1.71 bits per heavy atom. The van der Waals surface area contributed by atoms with Gasteiger partial charge in [-0.3, -0.25) is 9.59 Å². The molecule has 0 heterocycles. The monoisotopic (exact) mass is 387 g/mol. The Kier molecular flexibility index (Phi) is 8.14. The largest absolute Gasteiger partial charge is 0.493 e. The van der Waals surface area contributed by atoms with Crippen LogP contribution in [-0.4, -0.2) is 37.3 Å². The standard InChI is InChI=1S/C21H25NO6/c1-15-6-8-17(9-7-15)27-12-13-28-21-16(4-3-5-18(21)26-2)14-22-19(23)10-11-20(24)25/h3-9H,10-14H2,1-2H3,(H,22,23)(H,24,25). The molecule has 0 radical (unpaired) electrons. The van der Waals surface area contributed by atoms with Gasteiger partial charge in [-0.15, -0.1) is 0 Å². The van der Waals surface area contributed by atoms with E-state index in [0.29, 0.717) is 24.7 Å². The van der Waals surface area contributed by atoms with Gasteiger partial charge in [0.25, 0.3) is 0 Å². The number of carboxylic acid groups (broad SMARTS) is 1. The second-order valence-electron chi connectivity index (χ2n) is 6.13. The smallest absolute Gasteiger partial charge is 0.303 e. The first-order valence-electron chi connectivity index (χ1n) is 8.96. The maximum absolute atomic E-state index is 11.8. The van der Waals surface area contributed by atoms with Crippen molar-refractivity contribution in [2.24, 2.45) is 0 Å². The van der Waals surface area contributed by atoms with Gasteiger partial charge in [-0.05, 0) is 25.1 Å². The summed E-state index contributed by atoms with van der Waals surface area (Å²) in [5.41, 5.74) is 1.89. The molecule has 7 heteroatoms. The van der Waals surface area contributed by atoms with Gasteiger partial charge >= 0.3 is 5.97 Å².